The maximum Gasteiger partial charge on any atom is 0.307 e. The van der Waals surface area contributed by atoms with E-state index in [4.69, 9.17) is 0 Å². The van der Waals surface area contributed by atoms with Crippen molar-refractivity contribution in [1.82, 2.24) is 5.32 Å². The highest BCUT2D eigenvalue weighted by Crippen LogP contribution is 2.58. The third-order valence-electron chi connectivity index (χ3n) is 5.23. The number of benzene rings is 1. The third-order valence-corrected chi connectivity index (χ3v) is 5.23. The van der Waals surface area contributed by atoms with Gasteiger partial charge in [0.25, 0.3) is 0 Å². The Morgan fingerprint density at radius 3 is 2.38 bits per heavy atom. The molecule has 4 heteroatoms. The van der Waals surface area contributed by atoms with Crippen molar-refractivity contribution >= 4 is 11.9 Å². The van der Waals surface area contributed by atoms with Gasteiger partial charge in [0, 0.05) is 6.54 Å². The van der Waals surface area contributed by atoms with Crippen LogP contribution in [-0.4, -0.2) is 23.5 Å². The minimum atomic E-state index is -0.813. The molecule has 2 N–H and O–H groups in total. The van der Waals surface area contributed by atoms with E-state index in [0.29, 0.717) is 12.5 Å². The highest BCUT2D eigenvalue weighted by molar-refractivity contribution is 5.87. The molecule has 1 aromatic carbocycles. The molecule has 21 heavy (non-hydrogen) atoms. The van der Waals surface area contributed by atoms with Crippen molar-refractivity contribution in [2.75, 3.05) is 6.54 Å². The van der Waals surface area contributed by atoms with E-state index in [2.05, 4.69) is 12.2 Å². The van der Waals surface area contributed by atoms with E-state index >= 15 is 0 Å². The molecule has 0 bridgehead atoms. The van der Waals surface area contributed by atoms with Gasteiger partial charge < -0.3 is 10.4 Å². The molecule has 0 spiro atoms. The number of carbonyl (C=O) groups excluding carboxylic acids is 1. The normalized spacial score (nSPS) is 31.3. The van der Waals surface area contributed by atoms with Crippen LogP contribution < -0.4 is 5.32 Å². The minimum Gasteiger partial charge on any atom is -0.481 e. The number of carbonyl (C=O) groups is 2. The fraction of sp³-hybridized carbons (Fsp3) is 0.529. The summed E-state index contributed by atoms with van der Waals surface area (Å²) < 4.78 is 0. The number of carboxylic acids is 1. The molecule has 2 aliphatic carbocycles. The van der Waals surface area contributed by atoms with Crippen molar-refractivity contribution in [2.45, 2.75) is 25.7 Å². The van der Waals surface area contributed by atoms with Crippen LogP contribution >= 0.6 is 0 Å². The Hall–Kier alpha value is -1.84. The fourth-order valence-electron chi connectivity index (χ4n) is 3.80. The van der Waals surface area contributed by atoms with Gasteiger partial charge >= 0.3 is 5.97 Å². The minimum absolute atomic E-state index is 0.0777. The summed E-state index contributed by atoms with van der Waals surface area (Å²) in [6.45, 7) is 2.63. The topological polar surface area (TPSA) is 66.4 Å². The van der Waals surface area contributed by atoms with Crippen LogP contribution in [0.15, 0.2) is 30.3 Å². The Morgan fingerprint density at radius 2 is 1.81 bits per heavy atom. The average Bonchev–Trinajstić information content (AvgIpc) is 2.46. The van der Waals surface area contributed by atoms with Gasteiger partial charge in [-0.1, -0.05) is 37.3 Å². The van der Waals surface area contributed by atoms with Crippen LogP contribution in [0.1, 0.15) is 31.2 Å². The molecule has 2 fully saturated rings. The monoisotopic (exact) mass is 287 g/mol. The lowest BCUT2D eigenvalue weighted by Gasteiger charge is -2.56. The van der Waals surface area contributed by atoms with Gasteiger partial charge in [0.1, 0.15) is 0 Å². The third kappa shape index (κ3) is 2.43. The SMILES string of the molecule is CC(CNC(=O)[C@H]1[C@@H]2CC[C@@H]2[C@H]1C(=O)O)c1ccccc1. The second-order valence-corrected chi connectivity index (χ2v) is 6.35. The lowest BCUT2D eigenvalue weighted by atomic mass is 9.46. The van der Waals surface area contributed by atoms with Gasteiger partial charge in [-0.25, -0.2) is 0 Å². The summed E-state index contributed by atoms with van der Waals surface area (Å²) in [7, 11) is 0. The first-order chi connectivity index (χ1) is 10.1. The van der Waals surface area contributed by atoms with Crippen molar-refractivity contribution < 1.29 is 14.7 Å². The smallest absolute Gasteiger partial charge is 0.307 e. The van der Waals surface area contributed by atoms with Crippen molar-refractivity contribution in [1.29, 1.82) is 0 Å². The van der Waals surface area contributed by atoms with E-state index in [9.17, 15) is 14.7 Å². The van der Waals surface area contributed by atoms with E-state index in [1.54, 1.807) is 0 Å². The lowest BCUT2D eigenvalue weighted by Crippen LogP contribution is -2.61. The summed E-state index contributed by atoms with van der Waals surface area (Å²) in [5.74, 6) is -0.892. The van der Waals surface area contributed by atoms with Crippen molar-refractivity contribution in [2.24, 2.45) is 23.7 Å². The molecule has 0 aromatic heterocycles. The average molecular weight is 287 g/mol. The second-order valence-electron chi connectivity index (χ2n) is 6.35. The summed E-state index contributed by atoms with van der Waals surface area (Å²) in [5, 5.41) is 12.2. The van der Waals surface area contributed by atoms with Gasteiger partial charge in [-0.05, 0) is 36.2 Å². The van der Waals surface area contributed by atoms with Crippen LogP contribution in [0.5, 0.6) is 0 Å². The zero-order chi connectivity index (χ0) is 15.0. The highest BCUT2D eigenvalue weighted by atomic mass is 16.4. The number of hydrogen-bond donors (Lipinski definition) is 2. The molecule has 4 nitrogen and oxygen atoms in total. The van der Waals surface area contributed by atoms with E-state index in [-0.39, 0.29) is 23.7 Å². The molecule has 0 radical (unpaired) electrons. The Morgan fingerprint density at radius 1 is 1.19 bits per heavy atom. The standard InChI is InChI=1S/C17H21NO3/c1-10(11-5-3-2-4-6-11)9-18-16(19)14-12-7-8-13(12)15(14)17(20)21/h2-6,10,12-15H,7-9H2,1H3,(H,18,19)(H,20,21)/t10?,12-,13+,14+,15-/m1/s1. The molecule has 2 aliphatic rings. The Labute approximate surface area is 124 Å². The predicted molar refractivity (Wildman–Crippen MR) is 78.7 cm³/mol. The zero-order valence-corrected chi connectivity index (χ0v) is 12.2. The summed E-state index contributed by atoms with van der Waals surface area (Å²) in [6, 6.07) is 10.0. The summed E-state index contributed by atoms with van der Waals surface area (Å²) in [5.41, 5.74) is 1.18. The molecule has 0 saturated heterocycles. The molecule has 1 amide bonds. The number of rotatable bonds is 5. The first kappa shape index (κ1) is 14.1. The van der Waals surface area contributed by atoms with E-state index < -0.39 is 11.9 Å². The number of amides is 1. The number of fused-ring (bicyclic) bond motifs is 1. The van der Waals surface area contributed by atoms with Gasteiger partial charge in [-0.3, -0.25) is 9.59 Å². The van der Waals surface area contributed by atoms with Crippen LogP contribution in [0.4, 0.5) is 0 Å². The number of aliphatic carboxylic acids is 1. The number of carboxylic acid groups (broad SMARTS) is 1. The van der Waals surface area contributed by atoms with Crippen molar-refractivity contribution in [3.63, 3.8) is 0 Å². The van der Waals surface area contributed by atoms with E-state index in [1.165, 1.54) is 5.56 Å². The van der Waals surface area contributed by atoms with Crippen molar-refractivity contribution in [3.8, 4) is 0 Å². The van der Waals surface area contributed by atoms with Crippen LogP contribution in [0.3, 0.4) is 0 Å². The molecular formula is C17H21NO3. The largest absolute Gasteiger partial charge is 0.481 e. The van der Waals surface area contributed by atoms with Crippen LogP contribution in [0.25, 0.3) is 0 Å². The Kier molecular flexibility index (Phi) is 3.70. The van der Waals surface area contributed by atoms with Crippen LogP contribution in [0.2, 0.25) is 0 Å². The maximum atomic E-state index is 12.3. The lowest BCUT2D eigenvalue weighted by molar-refractivity contribution is -0.179. The second kappa shape index (κ2) is 5.51. The van der Waals surface area contributed by atoms with Gasteiger partial charge in [0.2, 0.25) is 5.91 Å². The maximum absolute atomic E-state index is 12.3. The van der Waals surface area contributed by atoms with Gasteiger partial charge in [-0.15, -0.1) is 0 Å². The molecule has 3 rings (SSSR count). The summed E-state index contributed by atoms with van der Waals surface area (Å²) in [6.07, 6.45) is 1.96. The number of nitrogens with one attached hydrogen (secondary N) is 1. The molecule has 112 valence electrons. The molecular weight excluding hydrogens is 266 g/mol. The Balaban J connectivity index is 1.56. The molecule has 0 aliphatic heterocycles. The van der Waals surface area contributed by atoms with E-state index in [1.807, 2.05) is 30.3 Å². The summed E-state index contributed by atoms with van der Waals surface area (Å²) in [4.78, 5) is 23.6. The highest BCUT2D eigenvalue weighted by Gasteiger charge is 2.61. The first-order valence-corrected chi connectivity index (χ1v) is 7.65. The molecule has 0 heterocycles. The summed E-state index contributed by atoms with van der Waals surface area (Å²) >= 11 is 0. The quantitative estimate of drug-likeness (QED) is 0.873. The van der Waals surface area contributed by atoms with Gasteiger partial charge in [0.05, 0.1) is 11.8 Å². The number of hydrogen-bond acceptors (Lipinski definition) is 2. The molecule has 1 unspecified atom stereocenters. The fourth-order valence-corrected chi connectivity index (χ4v) is 3.80. The molecule has 5 atom stereocenters. The van der Waals surface area contributed by atoms with Gasteiger partial charge in [-0.2, -0.15) is 0 Å². The van der Waals surface area contributed by atoms with Crippen molar-refractivity contribution in [3.05, 3.63) is 35.9 Å². The predicted octanol–water partition coefficient (Wildman–Crippen LogP) is 2.26. The Bertz CT molecular complexity index is 542. The van der Waals surface area contributed by atoms with E-state index in [0.717, 1.165) is 12.8 Å². The van der Waals surface area contributed by atoms with Crippen LogP contribution in [-0.2, 0) is 9.59 Å². The molecule has 2 saturated carbocycles. The van der Waals surface area contributed by atoms with Crippen LogP contribution in [0, 0.1) is 23.7 Å². The van der Waals surface area contributed by atoms with Gasteiger partial charge in [0.15, 0.2) is 0 Å². The first-order valence-electron chi connectivity index (χ1n) is 7.65. The zero-order valence-electron chi connectivity index (χ0n) is 12.2. The molecule has 1 aromatic rings.